The third-order valence-electron chi connectivity index (χ3n) is 3.31. The van der Waals surface area contributed by atoms with Gasteiger partial charge >= 0.3 is 0 Å². The van der Waals surface area contributed by atoms with E-state index in [2.05, 4.69) is 41.5 Å². The summed E-state index contributed by atoms with van der Waals surface area (Å²) in [6, 6.07) is 12.1. The molecule has 0 fully saturated rings. The number of pyridine rings is 1. The fourth-order valence-corrected chi connectivity index (χ4v) is 2.19. The number of aromatic nitrogens is 1. The van der Waals surface area contributed by atoms with Crippen LogP contribution < -0.4 is 14.8 Å². The Balaban J connectivity index is 1.71. The highest BCUT2D eigenvalue weighted by molar-refractivity contribution is 5.35. The second kappa shape index (κ2) is 5.92. The standard InChI is InChI=1S/C16H18N2O2/c1-2-17-10-12-5-7-13(8-6-12)15-11-19-14-4-3-9-18-16(14)20-15/h3-9,15,17H,2,10-11H2,1H3/t15-/m1/s1. The van der Waals surface area contributed by atoms with E-state index in [9.17, 15) is 0 Å². The molecule has 0 aliphatic carbocycles. The highest BCUT2D eigenvalue weighted by atomic mass is 16.6. The van der Waals surface area contributed by atoms with E-state index in [0.29, 0.717) is 18.2 Å². The molecule has 3 rings (SSSR count). The number of rotatable bonds is 4. The molecule has 0 bridgehead atoms. The topological polar surface area (TPSA) is 43.4 Å². The van der Waals surface area contributed by atoms with E-state index in [0.717, 1.165) is 18.7 Å². The quantitative estimate of drug-likeness (QED) is 0.927. The van der Waals surface area contributed by atoms with Gasteiger partial charge in [-0.2, -0.15) is 0 Å². The second-order valence-electron chi connectivity index (χ2n) is 4.75. The van der Waals surface area contributed by atoms with Gasteiger partial charge in [-0.15, -0.1) is 0 Å². The van der Waals surface area contributed by atoms with Crippen LogP contribution in [0.1, 0.15) is 24.2 Å². The first-order valence-electron chi connectivity index (χ1n) is 6.91. The van der Waals surface area contributed by atoms with Crippen LogP contribution in [0.4, 0.5) is 0 Å². The highest BCUT2D eigenvalue weighted by Gasteiger charge is 2.23. The van der Waals surface area contributed by atoms with Crippen LogP contribution in [0.25, 0.3) is 0 Å². The molecule has 4 heteroatoms. The molecule has 1 aliphatic rings. The summed E-state index contributed by atoms with van der Waals surface area (Å²) in [6.45, 7) is 4.49. The number of nitrogens with zero attached hydrogens (tertiary/aromatic N) is 1. The van der Waals surface area contributed by atoms with E-state index in [4.69, 9.17) is 9.47 Å². The largest absolute Gasteiger partial charge is 0.484 e. The lowest BCUT2D eigenvalue weighted by atomic mass is 10.1. The Labute approximate surface area is 118 Å². The minimum Gasteiger partial charge on any atom is -0.484 e. The number of ether oxygens (including phenoxy) is 2. The van der Waals surface area contributed by atoms with Crippen molar-refractivity contribution in [3.8, 4) is 11.6 Å². The van der Waals surface area contributed by atoms with Gasteiger partial charge in [-0.25, -0.2) is 4.98 Å². The van der Waals surface area contributed by atoms with E-state index < -0.39 is 0 Å². The fourth-order valence-electron chi connectivity index (χ4n) is 2.19. The molecule has 1 N–H and O–H groups in total. The van der Waals surface area contributed by atoms with Gasteiger partial charge in [0.15, 0.2) is 11.9 Å². The first-order chi connectivity index (χ1) is 9.86. The molecule has 2 heterocycles. The van der Waals surface area contributed by atoms with Crippen molar-refractivity contribution in [2.24, 2.45) is 0 Å². The van der Waals surface area contributed by atoms with E-state index in [1.165, 1.54) is 5.56 Å². The van der Waals surface area contributed by atoms with E-state index in [-0.39, 0.29) is 6.10 Å². The lowest BCUT2D eigenvalue weighted by molar-refractivity contribution is 0.0851. The van der Waals surface area contributed by atoms with Crippen molar-refractivity contribution in [3.63, 3.8) is 0 Å². The average molecular weight is 270 g/mol. The van der Waals surface area contributed by atoms with Crippen LogP contribution in [-0.4, -0.2) is 18.1 Å². The summed E-state index contributed by atoms with van der Waals surface area (Å²) in [4.78, 5) is 4.20. The summed E-state index contributed by atoms with van der Waals surface area (Å²) in [7, 11) is 0. The monoisotopic (exact) mass is 270 g/mol. The zero-order valence-corrected chi connectivity index (χ0v) is 11.5. The minimum atomic E-state index is -0.0921. The molecule has 1 aromatic heterocycles. The van der Waals surface area contributed by atoms with Gasteiger partial charge in [0.25, 0.3) is 5.88 Å². The molecular weight excluding hydrogens is 252 g/mol. The third-order valence-corrected chi connectivity index (χ3v) is 3.31. The summed E-state index contributed by atoms with van der Waals surface area (Å²) >= 11 is 0. The normalized spacial score (nSPS) is 16.9. The maximum atomic E-state index is 5.89. The first-order valence-corrected chi connectivity index (χ1v) is 6.91. The summed E-state index contributed by atoms with van der Waals surface area (Å²) in [5.41, 5.74) is 2.38. The Bertz CT molecular complexity index is 569. The fraction of sp³-hybridized carbons (Fsp3) is 0.312. The number of hydrogen-bond donors (Lipinski definition) is 1. The molecule has 1 atom stereocenters. The van der Waals surface area contributed by atoms with Gasteiger partial charge in [0.05, 0.1) is 0 Å². The summed E-state index contributed by atoms with van der Waals surface area (Å²) in [6.07, 6.45) is 1.62. The van der Waals surface area contributed by atoms with Crippen molar-refractivity contribution < 1.29 is 9.47 Å². The van der Waals surface area contributed by atoms with Crippen LogP contribution >= 0.6 is 0 Å². The molecule has 0 unspecified atom stereocenters. The molecule has 0 saturated heterocycles. The maximum absolute atomic E-state index is 5.89. The van der Waals surface area contributed by atoms with Crippen molar-refractivity contribution in [2.45, 2.75) is 19.6 Å². The number of benzene rings is 1. The number of hydrogen-bond acceptors (Lipinski definition) is 4. The van der Waals surface area contributed by atoms with E-state index in [1.807, 2.05) is 12.1 Å². The maximum Gasteiger partial charge on any atom is 0.257 e. The second-order valence-corrected chi connectivity index (χ2v) is 4.75. The lowest BCUT2D eigenvalue weighted by Crippen LogP contribution is -2.22. The molecular formula is C16H18N2O2. The molecule has 104 valence electrons. The molecule has 0 saturated carbocycles. The van der Waals surface area contributed by atoms with Gasteiger partial charge in [0, 0.05) is 12.7 Å². The average Bonchev–Trinajstić information content (AvgIpc) is 2.53. The van der Waals surface area contributed by atoms with Gasteiger partial charge in [-0.1, -0.05) is 31.2 Å². The molecule has 2 aromatic rings. The Hall–Kier alpha value is -2.07. The zero-order chi connectivity index (χ0) is 13.8. The predicted molar refractivity (Wildman–Crippen MR) is 76.9 cm³/mol. The van der Waals surface area contributed by atoms with Crippen molar-refractivity contribution in [3.05, 3.63) is 53.7 Å². The lowest BCUT2D eigenvalue weighted by Gasteiger charge is -2.25. The van der Waals surface area contributed by atoms with Crippen molar-refractivity contribution in [2.75, 3.05) is 13.2 Å². The Morgan fingerprint density at radius 3 is 2.90 bits per heavy atom. The predicted octanol–water partition coefficient (Wildman–Crippen LogP) is 2.70. The van der Waals surface area contributed by atoms with Crippen LogP contribution in [-0.2, 0) is 6.54 Å². The van der Waals surface area contributed by atoms with E-state index >= 15 is 0 Å². The first kappa shape index (κ1) is 12.9. The number of fused-ring (bicyclic) bond motifs is 1. The molecule has 4 nitrogen and oxygen atoms in total. The number of nitrogens with one attached hydrogen (secondary N) is 1. The molecule has 0 spiro atoms. The summed E-state index contributed by atoms with van der Waals surface area (Å²) in [5.74, 6) is 1.29. The van der Waals surface area contributed by atoms with Gasteiger partial charge < -0.3 is 14.8 Å². The Morgan fingerprint density at radius 2 is 2.10 bits per heavy atom. The summed E-state index contributed by atoms with van der Waals surface area (Å²) in [5, 5.41) is 3.31. The zero-order valence-electron chi connectivity index (χ0n) is 11.5. The van der Waals surface area contributed by atoms with Crippen LogP contribution in [0.5, 0.6) is 11.6 Å². The Kier molecular flexibility index (Phi) is 3.83. The van der Waals surface area contributed by atoms with Crippen LogP contribution in [0.3, 0.4) is 0 Å². The molecule has 0 amide bonds. The van der Waals surface area contributed by atoms with Crippen molar-refractivity contribution in [1.82, 2.24) is 10.3 Å². The molecule has 20 heavy (non-hydrogen) atoms. The van der Waals surface area contributed by atoms with E-state index in [1.54, 1.807) is 6.20 Å². The van der Waals surface area contributed by atoms with Gasteiger partial charge in [0.2, 0.25) is 0 Å². The summed E-state index contributed by atoms with van der Waals surface area (Å²) < 4.78 is 11.6. The highest BCUT2D eigenvalue weighted by Crippen LogP contribution is 2.33. The van der Waals surface area contributed by atoms with Crippen molar-refractivity contribution >= 4 is 0 Å². The SMILES string of the molecule is CCNCc1ccc([C@H]2COc3cccnc3O2)cc1. The van der Waals surface area contributed by atoms with Crippen LogP contribution in [0, 0.1) is 0 Å². The van der Waals surface area contributed by atoms with Crippen LogP contribution in [0.2, 0.25) is 0 Å². The minimum absolute atomic E-state index is 0.0921. The molecule has 1 aliphatic heterocycles. The third kappa shape index (κ3) is 2.75. The van der Waals surface area contributed by atoms with Gasteiger partial charge in [-0.05, 0) is 29.8 Å². The van der Waals surface area contributed by atoms with Crippen LogP contribution in [0.15, 0.2) is 42.6 Å². The van der Waals surface area contributed by atoms with Gasteiger partial charge in [0.1, 0.15) is 6.61 Å². The smallest absolute Gasteiger partial charge is 0.257 e. The molecule has 0 radical (unpaired) electrons. The van der Waals surface area contributed by atoms with Gasteiger partial charge in [-0.3, -0.25) is 0 Å². The van der Waals surface area contributed by atoms with Crippen molar-refractivity contribution in [1.29, 1.82) is 0 Å². The molecule has 1 aromatic carbocycles. The Morgan fingerprint density at radius 1 is 1.25 bits per heavy atom.